The molecule has 0 bridgehead atoms. The van der Waals surface area contributed by atoms with Gasteiger partial charge in [0.15, 0.2) is 17.0 Å². The van der Waals surface area contributed by atoms with Crippen LogP contribution < -0.4 is 11.3 Å². The molecule has 1 aliphatic carbocycles. The average Bonchev–Trinajstić information content (AvgIpc) is 3.77. The molecule has 246 valence electrons. The Hall–Kier alpha value is -2.84. The summed E-state index contributed by atoms with van der Waals surface area (Å²) < 4.78 is 54.9. The van der Waals surface area contributed by atoms with Crippen molar-refractivity contribution >= 4 is 71.5 Å². The molecule has 0 aromatic carbocycles. The van der Waals surface area contributed by atoms with Crippen molar-refractivity contribution in [2.45, 2.75) is 37.4 Å². The lowest BCUT2D eigenvalue weighted by atomic mass is 9.70. The molecule has 46 heavy (non-hydrogen) atoms. The summed E-state index contributed by atoms with van der Waals surface area (Å²) in [7, 11) is 0. The molecular weight excluding hydrogens is 689 g/mol. The molecular formula is C23H27FN10O8P2S2. The molecule has 5 aromatic rings. The van der Waals surface area contributed by atoms with Crippen LogP contribution in [-0.4, -0.2) is 85.3 Å². The summed E-state index contributed by atoms with van der Waals surface area (Å²) in [5.74, 6) is -0.164. The van der Waals surface area contributed by atoms with Gasteiger partial charge in [0.2, 0.25) is 5.78 Å². The van der Waals surface area contributed by atoms with Crippen LogP contribution in [0.4, 0.5) is 10.2 Å². The van der Waals surface area contributed by atoms with Gasteiger partial charge in [-0.25, -0.2) is 38.3 Å². The normalized spacial score (nSPS) is 26.6. The fourth-order valence-corrected chi connectivity index (χ4v) is 7.62. The second kappa shape index (κ2) is 12.0. The molecule has 0 radical (unpaired) electrons. The third-order valence-electron chi connectivity index (χ3n) is 8.24. The van der Waals surface area contributed by atoms with Gasteiger partial charge >= 0.3 is 13.5 Å². The number of anilines is 1. The standard InChI is InChI=1S/C23H27FN10O8P2S2/c24-13-4-16(34-10-30-18-21(34)31-23-26-1-2-32(23)22(18)35)42-15(13)7-41-44(38,46)40-6-12-11(5-39-43(36,37)45)3-14(12)33-9-29-17-19(25)27-8-28-20(17)33/h1-2,8-16H,3-7H2,(H,26,31)(H,38,46)(H2,25,27,28)(H2,36,37,45)/t11-,12-,13+,14-,15-,16-,44?/m1/s1. The number of nitrogens with zero attached hydrogens (tertiary/aromatic N) is 8. The number of nitrogens with one attached hydrogen (secondary N) is 1. The largest absolute Gasteiger partial charge is 0.386 e. The number of hydrogen-bond acceptors (Lipinski definition) is 13. The van der Waals surface area contributed by atoms with Gasteiger partial charge in [-0.15, -0.1) is 0 Å². The summed E-state index contributed by atoms with van der Waals surface area (Å²) in [5, 5.41) is 0. The van der Waals surface area contributed by atoms with E-state index in [4.69, 9.17) is 24.0 Å². The van der Waals surface area contributed by atoms with E-state index in [1.807, 2.05) is 0 Å². The van der Waals surface area contributed by atoms with Crippen molar-refractivity contribution in [1.82, 2.24) is 43.4 Å². The maximum atomic E-state index is 15.1. The molecule has 1 saturated heterocycles. The Morgan fingerprint density at radius 1 is 1.09 bits per heavy atom. The number of ether oxygens (including phenoxy) is 1. The quantitative estimate of drug-likeness (QED) is 0.0971. The van der Waals surface area contributed by atoms with Crippen LogP contribution in [0.15, 0.2) is 36.2 Å². The van der Waals surface area contributed by atoms with Gasteiger partial charge in [-0.1, -0.05) is 12.2 Å². The fraction of sp³-hybridized carbons (Fsp3) is 0.478. The van der Waals surface area contributed by atoms with E-state index >= 15 is 4.39 Å². The number of hydrogen-bond donors (Lipinski definition) is 5. The molecule has 2 fully saturated rings. The van der Waals surface area contributed by atoms with Crippen molar-refractivity contribution in [1.29, 1.82) is 0 Å². The van der Waals surface area contributed by atoms with E-state index in [2.05, 4.69) is 54.0 Å². The van der Waals surface area contributed by atoms with Crippen LogP contribution in [0.2, 0.25) is 0 Å². The molecule has 1 aliphatic heterocycles. The van der Waals surface area contributed by atoms with Crippen LogP contribution in [0.1, 0.15) is 25.1 Å². The molecule has 7 atom stereocenters. The zero-order valence-corrected chi connectivity index (χ0v) is 27.0. The van der Waals surface area contributed by atoms with Crippen molar-refractivity contribution in [3.63, 3.8) is 0 Å². The monoisotopic (exact) mass is 716 g/mol. The molecule has 7 rings (SSSR count). The second-order valence-electron chi connectivity index (χ2n) is 10.9. The zero-order valence-electron chi connectivity index (χ0n) is 23.5. The van der Waals surface area contributed by atoms with Crippen LogP contribution in [-0.2, 0) is 34.7 Å². The third-order valence-corrected chi connectivity index (χ3v) is 10.7. The van der Waals surface area contributed by atoms with E-state index in [-0.39, 0.29) is 48.5 Å². The predicted octanol–water partition coefficient (Wildman–Crippen LogP) is 1.89. The van der Waals surface area contributed by atoms with Crippen molar-refractivity contribution in [2.75, 3.05) is 25.6 Å². The minimum absolute atomic E-state index is 0.0834. The zero-order chi connectivity index (χ0) is 32.4. The summed E-state index contributed by atoms with van der Waals surface area (Å²) in [6, 6.07) is -0.273. The van der Waals surface area contributed by atoms with E-state index in [1.165, 1.54) is 34.0 Å². The van der Waals surface area contributed by atoms with Gasteiger partial charge in [0.05, 0.1) is 32.5 Å². The number of thiol groups is 1. The third kappa shape index (κ3) is 6.00. The first-order valence-corrected chi connectivity index (χ1v) is 19.2. The average molecular weight is 717 g/mol. The number of aromatic amines is 1. The summed E-state index contributed by atoms with van der Waals surface area (Å²) >= 11 is 8.67. The molecule has 23 heteroatoms. The Balaban J connectivity index is 1.01. The molecule has 1 unspecified atom stereocenters. The Labute approximate surface area is 268 Å². The number of halogens is 1. The van der Waals surface area contributed by atoms with Gasteiger partial charge in [0.25, 0.3) is 5.56 Å². The number of nitrogens with two attached hydrogens (primary N) is 1. The Morgan fingerprint density at radius 2 is 1.85 bits per heavy atom. The van der Waals surface area contributed by atoms with Crippen LogP contribution in [0.3, 0.4) is 0 Å². The number of imidazole rings is 3. The molecule has 1 saturated carbocycles. The van der Waals surface area contributed by atoms with Crippen LogP contribution >= 0.6 is 25.8 Å². The van der Waals surface area contributed by atoms with E-state index in [0.717, 1.165) is 0 Å². The minimum Gasteiger partial charge on any atom is -0.382 e. The highest BCUT2D eigenvalue weighted by Gasteiger charge is 2.45. The van der Waals surface area contributed by atoms with E-state index in [1.54, 1.807) is 10.9 Å². The highest BCUT2D eigenvalue weighted by molar-refractivity contribution is 8.44. The predicted molar refractivity (Wildman–Crippen MR) is 166 cm³/mol. The highest BCUT2D eigenvalue weighted by atomic mass is 32.7. The maximum absolute atomic E-state index is 15.1. The Bertz CT molecular complexity index is 2090. The maximum Gasteiger partial charge on any atom is 0.386 e. The van der Waals surface area contributed by atoms with E-state index in [0.29, 0.717) is 29.0 Å². The molecule has 2 aliphatic rings. The Kier molecular flexibility index (Phi) is 8.28. The first-order valence-electron chi connectivity index (χ1n) is 13.8. The van der Waals surface area contributed by atoms with Gasteiger partial charge in [0.1, 0.15) is 36.0 Å². The number of nitrogen functional groups attached to an aromatic ring is 1. The minimum atomic E-state index is -4.04. The summed E-state index contributed by atoms with van der Waals surface area (Å²) in [5.41, 5.74) is 6.87. The van der Waals surface area contributed by atoms with Crippen molar-refractivity contribution in [3.8, 4) is 0 Å². The van der Waals surface area contributed by atoms with Crippen molar-refractivity contribution < 1.29 is 37.1 Å². The number of rotatable bonds is 11. The smallest absolute Gasteiger partial charge is 0.382 e. The molecule has 5 aromatic heterocycles. The van der Waals surface area contributed by atoms with E-state index < -0.39 is 44.5 Å². The van der Waals surface area contributed by atoms with Gasteiger partial charge in [0, 0.05) is 30.8 Å². The van der Waals surface area contributed by atoms with Gasteiger partial charge in [-0.3, -0.25) is 13.9 Å². The van der Waals surface area contributed by atoms with Gasteiger partial charge < -0.3 is 38.9 Å². The lowest BCUT2D eigenvalue weighted by Gasteiger charge is -2.45. The summed E-state index contributed by atoms with van der Waals surface area (Å²) in [6.07, 6.45) is 4.16. The Morgan fingerprint density at radius 3 is 2.65 bits per heavy atom. The topological polar surface area (TPSA) is 232 Å². The number of alkyl halides is 1. The lowest BCUT2D eigenvalue weighted by Crippen LogP contribution is -2.43. The van der Waals surface area contributed by atoms with Crippen LogP contribution in [0, 0.1) is 11.8 Å². The highest BCUT2D eigenvalue weighted by Crippen LogP contribution is 2.56. The first-order chi connectivity index (χ1) is 21.9. The van der Waals surface area contributed by atoms with Gasteiger partial charge in [-0.2, -0.15) is 0 Å². The number of fused-ring (bicyclic) bond motifs is 3. The molecule has 18 nitrogen and oxygen atoms in total. The van der Waals surface area contributed by atoms with Crippen LogP contribution in [0.25, 0.3) is 28.1 Å². The second-order valence-corrected chi connectivity index (χ2v) is 16.5. The SMILES string of the molecule is Nc1ncnc2c1ncn2[C@@H]1C[C@H](COP(O)(O)=S)[C@H]1COP(=O)(S)OC[C@H]1O[C@@H](n2cnc3c(=O)n4ccnc4[nH]c32)C[C@@H]1F. The first kappa shape index (κ1) is 31.7. The van der Waals surface area contributed by atoms with Crippen LogP contribution in [0.5, 0.6) is 0 Å². The summed E-state index contributed by atoms with van der Waals surface area (Å²) in [6.45, 7) is -8.63. The molecule has 0 spiro atoms. The fourth-order valence-electron chi connectivity index (χ4n) is 5.88. The van der Waals surface area contributed by atoms with Crippen molar-refractivity contribution in [2.24, 2.45) is 11.8 Å². The molecule has 0 amide bonds. The summed E-state index contributed by atoms with van der Waals surface area (Å²) in [4.78, 5) is 55.6. The molecule has 5 N–H and O–H groups in total. The number of H-pyrrole nitrogens is 1. The number of aromatic nitrogens is 9. The van der Waals surface area contributed by atoms with Crippen molar-refractivity contribution in [3.05, 3.63) is 41.7 Å². The lowest BCUT2D eigenvalue weighted by molar-refractivity contribution is -0.0320. The van der Waals surface area contributed by atoms with E-state index in [9.17, 15) is 19.1 Å². The molecule has 6 heterocycles. The van der Waals surface area contributed by atoms with Gasteiger partial charge in [-0.05, 0) is 24.1 Å².